The molecule has 3 aromatic rings. The Morgan fingerprint density at radius 1 is 1.03 bits per heavy atom. The Hall–Kier alpha value is -2.75. The Balaban J connectivity index is 1.59. The number of carbonyl (C=O) groups excluding carboxylic acids is 1. The fourth-order valence-electron chi connectivity index (χ4n) is 2.57. The van der Waals surface area contributed by atoms with E-state index in [0.717, 1.165) is 4.47 Å². The standard InChI is InChI=1S/C21H18BrClN2O5S/c1-29-20-10-5-16(12-19(20)23)25-31(27,28)18-8-6-17(7-9-18)30-13-21(26)24-15-4-2-3-14(22)11-15/h2-12,25H,13H2,1H3,(H,24,26). The minimum absolute atomic E-state index is 0.0328. The molecule has 0 spiro atoms. The lowest BCUT2D eigenvalue weighted by molar-refractivity contribution is -0.118. The number of hydrogen-bond acceptors (Lipinski definition) is 5. The highest BCUT2D eigenvalue weighted by Gasteiger charge is 2.15. The summed E-state index contributed by atoms with van der Waals surface area (Å²) in [6, 6.07) is 17.5. The first-order valence-corrected chi connectivity index (χ1v) is 11.6. The van der Waals surface area contributed by atoms with Crippen molar-refractivity contribution in [1.82, 2.24) is 0 Å². The first-order valence-electron chi connectivity index (χ1n) is 8.91. The molecule has 0 aliphatic carbocycles. The normalized spacial score (nSPS) is 10.9. The summed E-state index contributed by atoms with van der Waals surface area (Å²) in [4.78, 5) is 12.1. The summed E-state index contributed by atoms with van der Waals surface area (Å²) >= 11 is 9.37. The van der Waals surface area contributed by atoms with Crippen molar-refractivity contribution in [3.05, 3.63) is 76.2 Å². The number of carbonyl (C=O) groups is 1. The van der Waals surface area contributed by atoms with Gasteiger partial charge in [0.05, 0.1) is 22.7 Å². The molecule has 3 rings (SSSR count). The van der Waals surface area contributed by atoms with Crippen LogP contribution in [-0.2, 0) is 14.8 Å². The summed E-state index contributed by atoms with van der Waals surface area (Å²) in [5.74, 6) is 0.457. The van der Waals surface area contributed by atoms with E-state index in [2.05, 4.69) is 26.0 Å². The van der Waals surface area contributed by atoms with Crippen molar-refractivity contribution in [3.8, 4) is 11.5 Å². The van der Waals surface area contributed by atoms with Crippen molar-refractivity contribution in [1.29, 1.82) is 0 Å². The second-order valence-electron chi connectivity index (χ2n) is 6.27. The number of anilines is 2. The van der Waals surface area contributed by atoms with Gasteiger partial charge in [-0.15, -0.1) is 0 Å². The summed E-state index contributed by atoms with van der Waals surface area (Å²) in [6.45, 7) is -0.221. The van der Waals surface area contributed by atoms with Gasteiger partial charge in [-0.25, -0.2) is 8.42 Å². The van der Waals surface area contributed by atoms with E-state index in [-0.39, 0.29) is 22.4 Å². The smallest absolute Gasteiger partial charge is 0.262 e. The van der Waals surface area contributed by atoms with Crippen molar-refractivity contribution in [2.45, 2.75) is 4.90 Å². The number of benzene rings is 3. The van der Waals surface area contributed by atoms with E-state index in [4.69, 9.17) is 21.1 Å². The third-order valence-electron chi connectivity index (χ3n) is 4.02. The van der Waals surface area contributed by atoms with Crippen LogP contribution < -0.4 is 19.5 Å². The van der Waals surface area contributed by atoms with Gasteiger partial charge in [-0.3, -0.25) is 9.52 Å². The zero-order chi connectivity index (χ0) is 22.4. The zero-order valence-corrected chi connectivity index (χ0v) is 19.4. The van der Waals surface area contributed by atoms with E-state index < -0.39 is 10.0 Å². The average molecular weight is 526 g/mol. The van der Waals surface area contributed by atoms with Crippen LogP contribution in [0.1, 0.15) is 0 Å². The van der Waals surface area contributed by atoms with Crippen molar-refractivity contribution < 1.29 is 22.7 Å². The SMILES string of the molecule is COc1ccc(NS(=O)(=O)c2ccc(OCC(=O)Nc3cccc(Br)c3)cc2)cc1Cl. The largest absolute Gasteiger partial charge is 0.495 e. The van der Waals surface area contributed by atoms with Gasteiger partial charge < -0.3 is 14.8 Å². The first-order chi connectivity index (χ1) is 14.8. The van der Waals surface area contributed by atoms with Crippen LogP contribution in [0.3, 0.4) is 0 Å². The van der Waals surface area contributed by atoms with Crippen molar-refractivity contribution in [2.75, 3.05) is 23.8 Å². The molecule has 0 aliphatic rings. The molecule has 0 aromatic heterocycles. The fourth-order valence-corrected chi connectivity index (χ4v) is 4.28. The van der Waals surface area contributed by atoms with Crippen LogP contribution in [-0.4, -0.2) is 28.0 Å². The first kappa shape index (κ1) is 22.9. The predicted octanol–water partition coefficient (Wildman–Crippen LogP) is 4.93. The molecule has 162 valence electrons. The molecule has 0 atom stereocenters. The second-order valence-corrected chi connectivity index (χ2v) is 9.28. The lowest BCUT2D eigenvalue weighted by Gasteiger charge is -2.11. The van der Waals surface area contributed by atoms with Gasteiger partial charge in [0, 0.05) is 10.2 Å². The molecule has 1 amide bonds. The minimum atomic E-state index is -3.83. The van der Waals surface area contributed by atoms with Crippen LogP contribution in [0.25, 0.3) is 0 Å². The van der Waals surface area contributed by atoms with E-state index in [0.29, 0.717) is 22.9 Å². The summed E-state index contributed by atoms with van der Waals surface area (Å²) < 4.78 is 38.9. The van der Waals surface area contributed by atoms with Gasteiger partial charge >= 0.3 is 0 Å². The summed E-state index contributed by atoms with van der Waals surface area (Å²) in [5.41, 5.74) is 0.935. The highest BCUT2D eigenvalue weighted by atomic mass is 79.9. The van der Waals surface area contributed by atoms with Gasteiger partial charge in [-0.1, -0.05) is 33.6 Å². The Morgan fingerprint density at radius 3 is 2.42 bits per heavy atom. The van der Waals surface area contributed by atoms with E-state index >= 15 is 0 Å². The highest BCUT2D eigenvalue weighted by Crippen LogP contribution is 2.28. The van der Waals surface area contributed by atoms with Crippen molar-refractivity contribution >= 4 is 54.8 Å². The zero-order valence-electron chi connectivity index (χ0n) is 16.3. The molecule has 0 aliphatic heterocycles. The van der Waals surface area contributed by atoms with Crippen LogP contribution in [0.4, 0.5) is 11.4 Å². The van der Waals surface area contributed by atoms with Crippen LogP contribution in [0, 0.1) is 0 Å². The van der Waals surface area contributed by atoms with Gasteiger partial charge in [0.15, 0.2) is 6.61 Å². The maximum Gasteiger partial charge on any atom is 0.262 e. The van der Waals surface area contributed by atoms with Gasteiger partial charge in [0.1, 0.15) is 11.5 Å². The monoisotopic (exact) mass is 524 g/mol. The summed E-state index contributed by atoms with van der Waals surface area (Å²) in [7, 11) is -2.36. The molecule has 0 saturated carbocycles. The lowest BCUT2D eigenvalue weighted by atomic mass is 10.3. The van der Waals surface area contributed by atoms with E-state index in [9.17, 15) is 13.2 Å². The van der Waals surface area contributed by atoms with E-state index in [1.165, 1.54) is 37.4 Å². The quantitative estimate of drug-likeness (QED) is 0.435. The molecule has 0 saturated heterocycles. The van der Waals surface area contributed by atoms with Gasteiger partial charge in [0.25, 0.3) is 15.9 Å². The molecule has 0 fully saturated rings. The number of ether oxygens (including phenoxy) is 2. The Morgan fingerprint density at radius 2 is 1.77 bits per heavy atom. The number of sulfonamides is 1. The van der Waals surface area contributed by atoms with E-state index in [1.54, 1.807) is 30.3 Å². The summed E-state index contributed by atoms with van der Waals surface area (Å²) in [6.07, 6.45) is 0. The highest BCUT2D eigenvalue weighted by molar-refractivity contribution is 9.10. The minimum Gasteiger partial charge on any atom is -0.495 e. The molecule has 2 N–H and O–H groups in total. The number of nitrogens with one attached hydrogen (secondary N) is 2. The molecule has 10 heteroatoms. The van der Waals surface area contributed by atoms with Crippen LogP contribution in [0.15, 0.2) is 76.1 Å². The average Bonchev–Trinajstić information content (AvgIpc) is 2.72. The van der Waals surface area contributed by atoms with Crippen LogP contribution >= 0.6 is 27.5 Å². The molecule has 0 heterocycles. The number of methoxy groups -OCH3 is 1. The predicted molar refractivity (Wildman–Crippen MR) is 124 cm³/mol. The molecule has 7 nitrogen and oxygen atoms in total. The van der Waals surface area contributed by atoms with Gasteiger partial charge in [-0.05, 0) is 60.7 Å². The van der Waals surface area contributed by atoms with E-state index in [1.807, 2.05) is 6.07 Å². The molecule has 0 bridgehead atoms. The third-order valence-corrected chi connectivity index (χ3v) is 6.20. The Labute approximate surface area is 193 Å². The number of halogens is 2. The number of amides is 1. The third kappa shape index (κ3) is 6.36. The molecule has 0 unspecified atom stereocenters. The molecule has 31 heavy (non-hydrogen) atoms. The fraction of sp³-hybridized carbons (Fsp3) is 0.0952. The second kappa shape index (κ2) is 10.0. The maximum atomic E-state index is 12.6. The maximum absolute atomic E-state index is 12.6. The van der Waals surface area contributed by atoms with Crippen LogP contribution in [0.2, 0.25) is 5.02 Å². The lowest BCUT2D eigenvalue weighted by Crippen LogP contribution is -2.20. The topological polar surface area (TPSA) is 93.7 Å². The van der Waals surface area contributed by atoms with Gasteiger partial charge in [0.2, 0.25) is 0 Å². The molecule has 3 aromatic carbocycles. The Kier molecular flexibility index (Phi) is 7.42. The van der Waals surface area contributed by atoms with Gasteiger partial charge in [-0.2, -0.15) is 0 Å². The number of hydrogen-bond donors (Lipinski definition) is 2. The molecule has 0 radical (unpaired) electrons. The van der Waals surface area contributed by atoms with Crippen molar-refractivity contribution in [3.63, 3.8) is 0 Å². The number of rotatable bonds is 8. The van der Waals surface area contributed by atoms with Crippen molar-refractivity contribution in [2.24, 2.45) is 0 Å². The van der Waals surface area contributed by atoms with Crippen LogP contribution in [0.5, 0.6) is 11.5 Å². The molecular formula is C21H18BrClN2O5S. The summed E-state index contributed by atoms with van der Waals surface area (Å²) in [5, 5.41) is 2.99. The Bertz CT molecular complexity index is 1190. The molecular weight excluding hydrogens is 508 g/mol.